The first-order valence-electron chi connectivity index (χ1n) is 5.62. The summed E-state index contributed by atoms with van der Waals surface area (Å²) in [6.45, 7) is 5.83. The molecule has 0 saturated heterocycles. The van der Waals surface area contributed by atoms with Gasteiger partial charge in [-0.1, -0.05) is 12.1 Å². The van der Waals surface area contributed by atoms with Crippen LogP contribution in [0.1, 0.15) is 31.1 Å². The minimum atomic E-state index is -0.247. The van der Waals surface area contributed by atoms with Crippen molar-refractivity contribution in [2.24, 2.45) is 0 Å². The van der Waals surface area contributed by atoms with Crippen molar-refractivity contribution < 1.29 is 4.79 Å². The lowest BCUT2D eigenvalue weighted by Gasteiger charge is -2.20. The van der Waals surface area contributed by atoms with Gasteiger partial charge in [0.1, 0.15) is 0 Å². The lowest BCUT2D eigenvalue weighted by Crippen LogP contribution is -2.40. The lowest BCUT2D eigenvalue weighted by atomic mass is 10.1. The maximum absolute atomic E-state index is 11.9. The van der Waals surface area contributed by atoms with Crippen molar-refractivity contribution in [1.82, 2.24) is 25.9 Å². The zero-order valence-electron chi connectivity index (χ0n) is 10.6. The highest BCUT2D eigenvalue weighted by atomic mass is 16.1. The normalized spacial score (nSPS) is 11.3. The molecule has 0 spiro atoms. The summed E-state index contributed by atoms with van der Waals surface area (Å²) in [6, 6.07) is 7.07. The molecule has 0 bridgehead atoms. The smallest absolute Gasteiger partial charge is 0.251 e. The Hall–Kier alpha value is -2.24. The fourth-order valence-electron chi connectivity index (χ4n) is 1.47. The average Bonchev–Trinajstić information content (AvgIpc) is 2.80. The fourth-order valence-corrected chi connectivity index (χ4v) is 1.47. The summed E-state index contributed by atoms with van der Waals surface area (Å²) in [5, 5.41) is 16.5. The molecule has 18 heavy (non-hydrogen) atoms. The Morgan fingerprint density at radius 1 is 1.22 bits per heavy atom. The number of amides is 1. The van der Waals surface area contributed by atoms with E-state index in [1.165, 1.54) is 0 Å². The molecule has 1 amide bonds. The zero-order valence-corrected chi connectivity index (χ0v) is 10.6. The minimum absolute atomic E-state index is 0.0952. The Morgan fingerprint density at radius 3 is 2.39 bits per heavy atom. The molecule has 6 nitrogen and oxygen atoms in total. The van der Waals surface area contributed by atoms with Crippen molar-refractivity contribution in [3.63, 3.8) is 0 Å². The maximum atomic E-state index is 11.9. The van der Waals surface area contributed by atoms with Crippen molar-refractivity contribution in [2.45, 2.75) is 26.3 Å². The summed E-state index contributed by atoms with van der Waals surface area (Å²) < 4.78 is 0. The van der Waals surface area contributed by atoms with E-state index >= 15 is 0 Å². The summed E-state index contributed by atoms with van der Waals surface area (Å²) in [5.41, 5.74) is 1.18. The molecule has 2 aromatic rings. The number of H-pyrrole nitrogens is 1. The number of aromatic nitrogens is 4. The van der Waals surface area contributed by atoms with Crippen molar-refractivity contribution in [1.29, 1.82) is 0 Å². The number of rotatable bonds is 2. The highest BCUT2D eigenvalue weighted by molar-refractivity contribution is 5.95. The van der Waals surface area contributed by atoms with Crippen LogP contribution in [0.25, 0.3) is 11.4 Å². The van der Waals surface area contributed by atoms with Crippen molar-refractivity contribution in [3.05, 3.63) is 29.8 Å². The second kappa shape index (κ2) is 4.56. The van der Waals surface area contributed by atoms with Gasteiger partial charge in [0.15, 0.2) is 0 Å². The zero-order chi connectivity index (χ0) is 13.2. The van der Waals surface area contributed by atoms with Gasteiger partial charge >= 0.3 is 0 Å². The van der Waals surface area contributed by atoms with Gasteiger partial charge in [0.25, 0.3) is 5.91 Å². The van der Waals surface area contributed by atoms with Crippen LogP contribution >= 0.6 is 0 Å². The van der Waals surface area contributed by atoms with E-state index in [-0.39, 0.29) is 11.4 Å². The van der Waals surface area contributed by atoms with Gasteiger partial charge in [-0.25, -0.2) is 0 Å². The van der Waals surface area contributed by atoms with E-state index in [2.05, 4.69) is 25.9 Å². The lowest BCUT2D eigenvalue weighted by molar-refractivity contribution is 0.0919. The van der Waals surface area contributed by atoms with Gasteiger partial charge in [-0.2, -0.15) is 5.21 Å². The molecule has 0 atom stereocenters. The second-order valence-electron chi connectivity index (χ2n) is 5.02. The third-order valence-electron chi connectivity index (χ3n) is 2.24. The van der Waals surface area contributed by atoms with E-state index in [4.69, 9.17) is 0 Å². The number of hydrogen-bond acceptors (Lipinski definition) is 4. The largest absolute Gasteiger partial charge is 0.347 e. The number of nitrogens with one attached hydrogen (secondary N) is 2. The first-order valence-corrected chi connectivity index (χ1v) is 5.62. The number of benzene rings is 1. The minimum Gasteiger partial charge on any atom is -0.347 e. The number of carbonyl (C=O) groups is 1. The molecule has 0 fully saturated rings. The SMILES string of the molecule is CC(C)(C)NC(=O)c1ccc(-c2nn[nH]n2)cc1. The molecule has 2 rings (SSSR count). The maximum Gasteiger partial charge on any atom is 0.251 e. The van der Waals surface area contributed by atoms with E-state index in [1.54, 1.807) is 24.3 Å². The van der Waals surface area contributed by atoms with Crippen LogP contribution in [0.2, 0.25) is 0 Å². The summed E-state index contributed by atoms with van der Waals surface area (Å²) in [5.74, 6) is 0.417. The Balaban J connectivity index is 2.15. The molecule has 1 aromatic carbocycles. The molecule has 0 saturated carbocycles. The van der Waals surface area contributed by atoms with E-state index in [0.29, 0.717) is 11.4 Å². The first kappa shape index (κ1) is 12.2. The molecule has 0 unspecified atom stereocenters. The van der Waals surface area contributed by atoms with Crippen molar-refractivity contribution in [2.75, 3.05) is 0 Å². The Morgan fingerprint density at radius 2 is 1.89 bits per heavy atom. The standard InChI is InChI=1S/C12H15N5O/c1-12(2,3)13-11(18)9-6-4-8(5-7-9)10-14-16-17-15-10/h4-7H,1-3H3,(H,13,18)(H,14,15,16,17). The quantitative estimate of drug-likeness (QED) is 0.837. The first-order chi connectivity index (χ1) is 8.46. The second-order valence-corrected chi connectivity index (χ2v) is 5.02. The highest BCUT2D eigenvalue weighted by Gasteiger charge is 2.15. The Kier molecular flexibility index (Phi) is 3.10. The van der Waals surface area contributed by atoms with Crippen LogP contribution in [0.3, 0.4) is 0 Å². The van der Waals surface area contributed by atoms with Crippen LogP contribution in [0.4, 0.5) is 0 Å². The molecule has 0 radical (unpaired) electrons. The summed E-state index contributed by atoms with van der Waals surface area (Å²) in [4.78, 5) is 11.9. The number of aromatic amines is 1. The molecular formula is C12H15N5O. The monoisotopic (exact) mass is 245 g/mol. The van der Waals surface area contributed by atoms with E-state index in [9.17, 15) is 4.79 Å². The van der Waals surface area contributed by atoms with Gasteiger partial charge in [0, 0.05) is 16.7 Å². The van der Waals surface area contributed by atoms with Gasteiger partial charge in [0.05, 0.1) is 0 Å². The molecule has 6 heteroatoms. The Labute approximate surface area is 105 Å². The highest BCUT2D eigenvalue weighted by Crippen LogP contribution is 2.14. The van der Waals surface area contributed by atoms with Crippen LogP contribution < -0.4 is 5.32 Å². The van der Waals surface area contributed by atoms with Crippen LogP contribution in [0.5, 0.6) is 0 Å². The van der Waals surface area contributed by atoms with Crippen LogP contribution in [-0.2, 0) is 0 Å². The van der Waals surface area contributed by atoms with Crippen molar-refractivity contribution in [3.8, 4) is 11.4 Å². The van der Waals surface area contributed by atoms with E-state index in [0.717, 1.165) is 5.56 Å². The third-order valence-corrected chi connectivity index (χ3v) is 2.24. The molecule has 0 aliphatic heterocycles. The fraction of sp³-hybridized carbons (Fsp3) is 0.333. The average molecular weight is 245 g/mol. The van der Waals surface area contributed by atoms with Gasteiger partial charge in [0.2, 0.25) is 5.82 Å². The molecule has 1 aromatic heterocycles. The summed E-state index contributed by atoms with van der Waals surface area (Å²) in [7, 11) is 0. The molecule has 0 aliphatic carbocycles. The molecule has 94 valence electrons. The predicted molar refractivity (Wildman–Crippen MR) is 66.8 cm³/mol. The third kappa shape index (κ3) is 2.91. The molecule has 0 aliphatic rings. The van der Waals surface area contributed by atoms with Crippen molar-refractivity contribution >= 4 is 5.91 Å². The molecule has 1 heterocycles. The number of carbonyl (C=O) groups excluding carboxylic acids is 1. The van der Waals surface area contributed by atoms with Gasteiger partial charge < -0.3 is 5.32 Å². The van der Waals surface area contributed by atoms with Gasteiger partial charge in [-0.05, 0) is 38.1 Å². The Bertz CT molecular complexity index is 525. The van der Waals surface area contributed by atoms with Crippen LogP contribution in [-0.4, -0.2) is 32.1 Å². The van der Waals surface area contributed by atoms with Crippen LogP contribution in [0.15, 0.2) is 24.3 Å². The van der Waals surface area contributed by atoms with E-state index in [1.807, 2.05) is 20.8 Å². The molecule has 2 N–H and O–H groups in total. The topological polar surface area (TPSA) is 83.6 Å². The summed E-state index contributed by atoms with van der Waals surface area (Å²) in [6.07, 6.45) is 0. The number of hydrogen-bond donors (Lipinski definition) is 2. The van der Waals surface area contributed by atoms with E-state index < -0.39 is 0 Å². The van der Waals surface area contributed by atoms with Gasteiger partial charge in [-0.15, -0.1) is 10.2 Å². The number of nitrogens with zero attached hydrogens (tertiary/aromatic N) is 3. The summed E-state index contributed by atoms with van der Waals surface area (Å²) >= 11 is 0. The predicted octanol–water partition coefficient (Wildman–Crippen LogP) is 1.39. The van der Waals surface area contributed by atoms with Gasteiger partial charge in [-0.3, -0.25) is 4.79 Å². The molecular weight excluding hydrogens is 230 g/mol. The van der Waals surface area contributed by atoms with Crippen LogP contribution in [0, 0.1) is 0 Å². The number of tetrazole rings is 1.